The highest BCUT2D eigenvalue weighted by atomic mass is 16.2. The first-order valence-corrected chi connectivity index (χ1v) is 9.66. The number of rotatable bonds is 5. The van der Waals surface area contributed by atoms with Crippen molar-refractivity contribution in [2.75, 3.05) is 32.7 Å². The van der Waals surface area contributed by atoms with Crippen molar-refractivity contribution in [1.29, 1.82) is 0 Å². The Morgan fingerprint density at radius 1 is 0.889 bits per heavy atom. The second kappa shape index (κ2) is 8.31. The van der Waals surface area contributed by atoms with Crippen LogP contribution in [0.1, 0.15) is 11.3 Å². The molecule has 138 valence electrons. The second-order valence-electron chi connectivity index (χ2n) is 7.11. The molecule has 0 spiro atoms. The molecule has 3 aromatic rings. The van der Waals surface area contributed by atoms with Gasteiger partial charge in [-0.15, -0.1) is 0 Å². The number of carbonyl (C=O) groups excluding carboxylic acids is 1. The van der Waals surface area contributed by atoms with Gasteiger partial charge in [-0.3, -0.25) is 14.7 Å². The first-order valence-electron chi connectivity index (χ1n) is 9.66. The lowest BCUT2D eigenvalue weighted by atomic mass is 10.0. The summed E-state index contributed by atoms with van der Waals surface area (Å²) in [7, 11) is 0. The molecule has 2 heterocycles. The fourth-order valence-corrected chi connectivity index (χ4v) is 3.76. The van der Waals surface area contributed by atoms with Gasteiger partial charge in [-0.2, -0.15) is 0 Å². The Balaban J connectivity index is 1.31. The van der Waals surface area contributed by atoms with Crippen LogP contribution in [0, 0.1) is 0 Å². The molecule has 1 saturated heterocycles. The average Bonchev–Trinajstić information content (AvgIpc) is 2.74. The summed E-state index contributed by atoms with van der Waals surface area (Å²) in [6.45, 7) is 4.50. The molecule has 2 aromatic carbocycles. The SMILES string of the molecule is O=C(Cc1cccc2ccccc12)N1CCN(CCc2ccccn2)CC1. The molecule has 1 amide bonds. The molecule has 1 aliphatic rings. The number of hydrogen-bond acceptors (Lipinski definition) is 3. The number of nitrogens with zero attached hydrogens (tertiary/aromatic N) is 3. The highest BCUT2D eigenvalue weighted by Gasteiger charge is 2.21. The lowest BCUT2D eigenvalue weighted by molar-refractivity contribution is -0.132. The zero-order chi connectivity index (χ0) is 18.5. The van der Waals surface area contributed by atoms with Gasteiger partial charge in [-0.05, 0) is 28.5 Å². The largest absolute Gasteiger partial charge is 0.340 e. The van der Waals surface area contributed by atoms with Crippen LogP contribution >= 0.6 is 0 Å². The minimum atomic E-state index is 0.232. The summed E-state index contributed by atoms with van der Waals surface area (Å²) in [5.41, 5.74) is 2.25. The fourth-order valence-electron chi connectivity index (χ4n) is 3.76. The van der Waals surface area contributed by atoms with E-state index in [-0.39, 0.29) is 5.91 Å². The van der Waals surface area contributed by atoms with Gasteiger partial charge in [0.2, 0.25) is 5.91 Å². The predicted molar refractivity (Wildman–Crippen MR) is 109 cm³/mol. The van der Waals surface area contributed by atoms with E-state index in [0.29, 0.717) is 6.42 Å². The van der Waals surface area contributed by atoms with Gasteiger partial charge in [0.15, 0.2) is 0 Å². The normalized spacial score (nSPS) is 15.2. The lowest BCUT2D eigenvalue weighted by Crippen LogP contribution is -2.49. The first kappa shape index (κ1) is 17.7. The molecule has 0 bridgehead atoms. The molecule has 1 aliphatic heterocycles. The Morgan fingerprint density at radius 2 is 1.67 bits per heavy atom. The Kier molecular flexibility index (Phi) is 5.45. The Morgan fingerprint density at radius 3 is 2.48 bits per heavy atom. The van der Waals surface area contributed by atoms with Gasteiger partial charge >= 0.3 is 0 Å². The van der Waals surface area contributed by atoms with Crippen molar-refractivity contribution < 1.29 is 4.79 Å². The second-order valence-corrected chi connectivity index (χ2v) is 7.11. The van der Waals surface area contributed by atoms with Crippen LogP contribution in [0.4, 0.5) is 0 Å². The van der Waals surface area contributed by atoms with Gasteiger partial charge in [-0.1, -0.05) is 48.5 Å². The number of amides is 1. The van der Waals surface area contributed by atoms with Gasteiger partial charge in [0.05, 0.1) is 6.42 Å². The minimum Gasteiger partial charge on any atom is -0.340 e. The van der Waals surface area contributed by atoms with Crippen LogP contribution in [-0.4, -0.2) is 53.4 Å². The van der Waals surface area contributed by atoms with Gasteiger partial charge in [0.1, 0.15) is 0 Å². The van der Waals surface area contributed by atoms with Gasteiger partial charge in [0.25, 0.3) is 0 Å². The molecule has 4 rings (SSSR count). The molecule has 0 unspecified atom stereocenters. The third-order valence-electron chi connectivity index (χ3n) is 5.36. The van der Waals surface area contributed by atoms with E-state index < -0.39 is 0 Å². The smallest absolute Gasteiger partial charge is 0.227 e. The summed E-state index contributed by atoms with van der Waals surface area (Å²) in [4.78, 5) is 21.6. The van der Waals surface area contributed by atoms with Gasteiger partial charge < -0.3 is 4.90 Å². The third kappa shape index (κ3) is 4.34. The third-order valence-corrected chi connectivity index (χ3v) is 5.36. The van der Waals surface area contributed by atoms with Crippen molar-refractivity contribution in [3.63, 3.8) is 0 Å². The topological polar surface area (TPSA) is 36.4 Å². The van der Waals surface area contributed by atoms with Crippen molar-refractivity contribution >= 4 is 16.7 Å². The van der Waals surface area contributed by atoms with Crippen molar-refractivity contribution in [1.82, 2.24) is 14.8 Å². The van der Waals surface area contributed by atoms with Crippen LogP contribution < -0.4 is 0 Å². The van der Waals surface area contributed by atoms with Crippen molar-refractivity contribution in [2.45, 2.75) is 12.8 Å². The first-order chi connectivity index (χ1) is 13.3. The molecule has 27 heavy (non-hydrogen) atoms. The molecule has 0 saturated carbocycles. The van der Waals surface area contributed by atoms with Gasteiger partial charge in [0, 0.05) is 51.0 Å². The predicted octanol–water partition coefficient (Wildman–Crippen LogP) is 3.16. The van der Waals surface area contributed by atoms with E-state index in [0.717, 1.165) is 50.4 Å². The number of piperazine rings is 1. The standard InChI is InChI=1S/C23H25N3O/c27-23(18-20-8-5-7-19-6-1-2-10-22(19)20)26-16-14-25(15-17-26)13-11-21-9-3-4-12-24-21/h1-10,12H,11,13-18H2. The molecule has 0 N–H and O–H groups in total. The molecule has 1 fully saturated rings. The summed E-state index contributed by atoms with van der Waals surface area (Å²) in [6, 6.07) is 20.6. The highest BCUT2D eigenvalue weighted by Crippen LogP contribution is 2.19. The molecule has 0 aliphatic carbocycles. The maximum Gasteiger partial charge on any atom is 0.227 e. The highest BCUT2D eigenvalue weighted by molar-refractivity contribution is 5.90. The molecular weight excluding hydrogens is 334 g/mol. The Hall–Kier alpha value is -2.72. The molecule has 0 radical (unpaired) electrons. The van der Waals surface area contributed by atoms with Crippen molar-refractivity contribution in [3.05, 3.63) is 78.1 Å². The van der Waals surface area contributed by atoms with Crippen LogP contribution in [0.15, 0.2) is 66.9 Å². The van der Waals surface area contributed by atoms with Crippen LogP contribution in [0.2, 0.25) is 0 Å². The van der Waals surface area contributed by atoms with E-state index in [1.165, 1.54) is 10.8 Å². The van der Waals surface area contributed by atoms with Crippen molar-refractivity contribution in [2.24, 2.45) is 0 Å². The lowest BCUT2D eigenvalue weighted by Gasteiger charge is -2.34. The van der Waals surface area contributed by atoms with E-state index in [1.54, 1.807) is 0 Å². The number of carbonyl (C=O) groups is 1. The van der Waals surface area contributed by atoms with E-state index >= 15 is 0 Å². The summed E-state index contributed by atoms with van der Waals surface area (Å²) in [5.74, 6) is 0.232. The zero-order valence-electron chi connectivity index (χ0n) is 15.6. The monoisotopic (exact) mass is 359 g/mol. The maximum absolute atomic E-state index is 12.8. The molecule has 4 heteroatoms. The fraction of sp³-hybridized carbons (Fsp3) is 0.304. The average molecular weight is 359 g/mol. The number of aromatic nitrogens is 1. The van der Waals surface area contributed by atoms with Crippen LogP contribution in [0.3, 0.4) is 0 Å². The van der Waals surface area contributed by atoms with Crippen LogP contribution in [0.25, 0.3) is 10.8 Å². The van der Waals surface area contributed by atoms with E-state index in [9.17, 15) is 4.79 Å². The number of fused-ring (bicyclic) bond motifs is 1. The Labute approximate surface area is 160 Å². The summed E-state index contributed by atoms with van der Waals surface area (Å²) >= 11 is 0. The quantitative estimate of drug-likeness (QED) is 0.702. The van der Waals surface area contributed by atoms with Gasteiger partial charge in [-0.25, -0.2) is 0 Å². The summed E-state index contributed by atoms with van der Waals surface area (Å²) < 4.78 is 0. The van der Waals surface area contributed by atoms with E-state index in [1.807, 2.05) is 41.4 Å². The zero-order valence-corrected chi connectivity index (χ0v) is 15.6. The summed E-state index contributed by atoms with van der Waals surface area (Å²) in [6.07, 6.45) is 3.29. The van der Waals surface area contributed by atoms with E-state index in [4.69, 9.17) is 0 Å². The van der Waals surface area contributed by atoms with Crippen molar-refractivity contribution in [3.8, 4) is 0 Å². The molecule has 1 aromatic heterocycles. The minimum absolute atomic E-state index is 0.232. The van der Waals surface area contributed by atoms with Crippen LogP contribution in [0.5, 0.6) is 0 Å². The maximum atomic E-state index is 12.8. The summed E-state index contributed by atoms with van der Waals surface area (Å²) in [5, 5.41) is 2.38. The number of pyridine rings is 1. The van der Waals surface area contributed by atoms with E-state index in [2.05, 4.69) is 40.2 Å². The molecule has 0 atom stereocenters. The number of hydrogen-bond donors (Lipinski definition) is 0. The van der Waals surface area contributed by atoms with Crippen LogP contribution in [-0.2, 0) is 17.6 Å². The Bertz CT molecular complexity index is 896. The number of benzene rings is 2. The molecular formula is C23H25N3O. The molecule has 4 nitrogen and oxygen atoms in total.